The van der Waals surface area contributed by atoms with Crippen molar-refractivity contribution in [2.45, 2.75) is 13.5 Å². The fourth-order valence-electron chi connectivity index (χ4n) is 2.43. The van der Waals surface area contributed by atoms with E-state index in [2.05, 4.69) is 37.2 Å². The highest BCUT2D eigenvalue weighted by Gasteiger charge is 2.22. The molecule has 0 bridgehead atoms. The molecule has 1 aliphatic heterocycles. The SMILES string of the molecule is CCOc1cc(/C=C2/SC(=S)NC2=O)cc(Br)c1OCc1cccc(Br)c1. The minimum Gasteiger partial charge on any atom is -0.490 e. The first kappa shape index (κ1) is 20.4. The lowest BCUT2D eigenvalue weighted by atomic mass is 10.1. The third-order valence-corrected chi connectivity index (χ3v) is 5.79. The lowest BCUT2D eigenvalue weighted by molar-refractivity contribution is -0.115. The maximum Gasteiger partial charge on any atom is 0.263 e. The second-order valence-corrected chi connectivity index (χ2v) is 9.02. The number of hydrogen-bond donors (Lipinski definition) is 1. The Morgan fingerprint density at radius 2 is 2.04 bits per heavy atom. The quantitative estimate of drug-likeness (QED) is 0.386. The number of carbonyl (C=O) groups is 1. The largest absolute Gasteiger partial charge is 0.490 e. The summed E-state index contributed by atoms with van der Waals surface area (Å²) in [5.74, 6) is 1.05. The van der Waals surface area contributed by atoms with E-state index in [0.29, 0.717) is 33.9 Å². The Kier molecular flexibility index (Phi) is 6.97. The molecule has 3 rings (SSSR count). The second-order valence-electron chi connectivity index (χ2n) is 5.53. The molecule has 0 radical (unpaired) electrons. The Morgan fingerprint density at radius 3 is 2.70 bits per heavy atom. The van der Waals surface area contributed by atoms with Gasteiger partial charge in [0.15, 0.2) is 11.5 Å². The zero-order chi connectivity index (χ0) is 19.4. The van der Waals surface area contributed by atoms with E-state index in [1.54, 1.807) is 6.08 Å². The molecule has 0 aliphatic carbocycles. The van der Waals surface area contributed by atoms with E-state index in [0.717, 1.165) is 20.1 Å². The Balaban J connectivity index is 1.87. The number of carbonyl (C=O) groups excluding carboxylic acids is 1. The van der Waals surface area contributed by atoms with Gasteiger partial charge in [-0.3, -0.25) is 4.79 Å². The third-order valence-electron chi connectivity index (χ3n) is 3.54. The summed E-state index contributed by atoms with van der Waals surface area (Å²) in [6.45, 7) is 2.82. The van der Waals surface area contributed by atoms with Crippen molar-refractivity contribution in [2.75, 3.05) is 6.61 Å². The molecule has 2 aromatic rings. The van der Waals surface area contributed by atoms with E-state index in [1.165, 1.54) is 11.8 Å². The van der Waals surface area contributed by atoms with Crippen LogP contribution in [-0.4, -0.2) is 16.8 Å². The van der Waals surface area contributed by atoms with Gasteiger partial charge in [0.25, 0.3) is 5.91 Å². The standard InChI is InChI=1S/C19H15Br2NO3S2/c1-2-24-15-8-12(9-16-18(23)22-19(26)27-16)7-14(21)17(15)25-10-11-4-3-5-13(20)6-11/h3-9H,2,10H2,1H3,(H,22,23,26)/b16-9+. The predicted molar refractivity (Wildman–Crippen MR) is 120 cm³/mol. The second kappa shape index (κ2) is 9.23. The molecule has 140 valence electrons. The van der Waals surface area contributed by atoms with Crippen molar-refractivity contribution >= 4 is 72.1 Å². The number of ether oxygens (including phenoxy) is 2. The number of hydrogen-bond acceptors (Lipinski definition) is 5. The van der Waals surface area contributed by atoms with Gasteiger partial charge in [-0.05, 0) is 64.3 Å². The van der Waals surface area contributed by atoms with Gasteiger partial charge < -0.3 is 14.8 Å². The molecule has 0 aromatic heterocycles. The number of halogens is 2. The van der Waals surface area contributed by atoms with Gasteiger partial charge in [0.1, 0.15) is 10.9 Å². The highest BCUT2D eigenvalue weighted by molar-refractivity contribution is 9.10. The van der Waals surface area contributed by atoms with Crippen molar-refractivity contribution < 1.29 is 14.3 Å². The van der Waals surface area contributed by atoms with E-state index in [9.17, 15) is 4.79 Å². The van der Waals surface area contributed by atoms with Gasteiger partial charge in [0, 0.05) is 4.47 Å². The molecular weight excluding hydrogens is 514 g/mol. The summed E-state index contributed by atoms with van der Waals surface area (Å²) in [4.78, 5) is 12.4. The molecule has 27 heavy (non-hydrogen) atoms. The minimum absolute atomic E-state index is 0.186. The zero-order valence-electron chi connectivity index (χ0n) is 14.3. The molecule has 1 amide bonds. The highest BCUT2D eigenvalue weighted by Crippen LogP contribution is 2.39. The molecule has 2 aromatic carbocycles. The average Bonchev–Trinajstić information content (AvgIpc) is 2.91. The van der Waals surface area contributed by atoms with Crippen LogP contribution in [0.25, 0.3) is 6.08 Å². The molecule has 4 nitrogen and oxygen atoms in total. The smallest absolute Gasteiger partial charge is 0.263 e. The van der Waals surface area contributed by atoms with Gasteiger partial charge in [0.05, 0.1) is 16.0 Å². The van der Waals surface area contributed by atoms with Crippen molar-refractivity contribution in [1.82, 2.24) is 5.32 Å². The average molecular weight is 529 g/mol. The van der Waals surface area contributed by atoms with Gasteiger partial charge >= 0.3 is 0 Å². The topological polar surface area (TPSA) is 47.6 Å². The van der Waals surface area contributed by atoms with Crippen molar-refractivity contribution in [1.29, 1.82) is 0 Å². The fraction of sp³-hybridized carbons (Fsp3) is 0.158. The molecule has 1 aliphatic rings. The Bertz CT molecular complexity index is 931. The predicted octanol–water partition coefficient (Wildman–Crippen LogP) is 5.68. The highest BCUT2D eigenvalue weighted by atomic mass is 79.9. The first-order valence-corrected chi connectivity index (χ1v) is 10.9. The summed E-state index contributed by atoms with van der Waals surface area (Å²) in [5, 5.41) is 2.61. The number of nitrogens with one attached hydrogen (secondary N) is 1. The molecule has 1 heterocycles. The van der Waals surface area contributed by atoms with E-state index in [4.69, 9.17) is 21.7 Å². The first-order valence-electron chi connectivity index (χ1n) is 8.04. The Hall–Kier alpha value is -1.35. The fourth-order valence-corrected chi connectivity index (χ4v) is 4.49. The lowest BCUT2D eigenvalue weighted by Crippen LogP contribution is -2.17. The van der Waals surface area contributed by atoms with Crippen molar-refractivity contribution in [3.63, 3.8) is 0 Å². The summed E-state index contributed by atoms with van der Waals surface area (Å²) >= 11 is 13.3. The van der Waals surface area contributed by atoms with Crippen LogP contribution in [0.3, 0.4) is 0 Å². The van der Waals surface area contributed by atoms with Crippen molar-refractivity contribution in [3.05, 3.63) is 61.4 Å². The molecule has 1 saturated heterocycles. The Labute approximate surface area is 184 Å². The van der Waals surface area contributed by atoms with Crippen LogP contribution >= 0.6 is 55.8 Å². The van der Waals surface area contributed by atoms with Gasteiger partial charge in [-0.15, -0.1) is 0 Å². The van der Waals surface area contributed by atoms with E-state index >= 15 is 0 Å². The van der Waals surface area contributed by atoms with Crippen LogP contribution in [0, 0.1) is 0 Å². The summed E-state index contributed by atoms with van der Waals surface area (Å²) in [7, 11) is 0. The summed E-state index contributed by atoms with van der Waals surface area (Å²) in [5.41, 5.74) is 1.86. The summed E-state index contributed by atoms with van der Waals surface area (Å²) in [6, 6.07) is 11.7. The number of rotatable bonds is 6. The minimum atomic E-state index is -0.186. The van der Waals surface area contributed by atoms with E-state index in [-0.39, 0.29) is 5.91 Å². The van der Waals surface area contributed by atoms with E-state index in [1.807, 2.05) is 43.3 Å². The number of amides is 1. The van der Waals surface area contributed by atoms with Gasteiger partial charge in [-0.2, -0.15) is 0 Å². The maximum absolute atomic E-state index is 11.9. The first-order chi connectivity index (χ1) is 13.0. The molecule has 1 N–H and O–H groups in total. The molecule has 8 heteroatoms. The summed E-state index contributed by atoms with van der Waals surface area (Å²) in [6.07, 6.45) is 1.78. The number of thioether (sulfide) groups is 1. The Morgan fingerprint density at radius 1 is 1.22 bits per heavy atom. The third kappa shape index (κ3) is 5.34. The normalized spacial score (nSPS) is 15.1. The number of thiocarbonyl (C=S) groups is 1. The lowest BCUT2D eigenvalue weighted by Gasteiger charge is -2.15. The van der Waals surface area contributed by atoms with Crippen LogP contribution in [0.2, 0.25) is 0 Å². The van der Waals surface area contributed by atoms with Gasteiger partial charge in [-0.25, -0.2) is 0 Å². The van der Waals surface area contributed by atoms with Crippen LogP contribution < -0.4 is 14.8 Å². The number of benzene rings is 2. The summed E-state index contributed by atoms with van der Waals surface area (Å²) < 4.78 is 14.0. The van der Waals surface area contributed by atoms with Crippen molar-refractivity contribution in [2.24, 2.45) is 0 Å². The van der Waals surface area contributed by atoms with E-state index < -0.39 is 0 Å². The van der Waals surface area contributed by atoms with Crippen LogP contribution in [0.5, 0.6) is 11.5 Å². The molecule has 1 fully saturated rings. The van der Waals surface area contributed by atoms with Gasteiger partial charge in [-0.1, -0.05) is 52.0 Å². The zero-order valence-corrected chi connectivity index (χ0v) is 19.1. The molecule has 0 spiro atoms. The molecule has 0 atom stereocenters. The monoisotopic (exact) mass is 527 g/mol. The molecule has 0 unspecified atom stereocenters. The van der Waals surface area contributed by atoms with Crippen LogP contribution in [0.15, 0.2) is 50.2 Å². The van der Waals surface area contributed by atoms with Crippen LogP contribution in [-0.2, 0) is 11.4 Å². The van der Waals surface area contributed by atoms with Crippen LogP contribution in [0.1, 0.15) is 18.1 Å². The molecule has 0 saturated carbocycles. The molecular formula is C19H15Br2NO3S2. The maximum atomic E-state index is 11.9. The van der Waals surface area contributed by atoms with Crippen LogP contribution in [0.4, 0.5) is 0 Å². The van der Waals surface area contributed by atoms with Gasteiger partial charge in [0.2, 0.25) is 0 Å². The van der Waals surface area contributed by atoms with Crippen molar-refractivity contribution in [3.8, 4) is 11.5 Å².